The van der Waals surface area contributed by atoms with E-state index in [-0.39, 0.29) is 6.29 Å². The van der Waals surface area contributed by atoms with Gasteiger partial charge in [0.05, 0.1) is 13.2 Å². The van der Waals surface area contributed by atoms with Gasteiger partial charge in [0.2, 0.25) is 0 Å². The molecule has 1 unspecified atom stereocenters. The number of rotatable bonds is 9. The highest BCUT2D eigenvalue weighted by molar-refractivity contribution is 4.45. The van der Waals surface area contributed by atoms with Gasteiger partial charge < -0.3 is 14.2 Å². The van der Waals surface area contributed by atoms with Crippen molar-refractivity contribution in [2.24, 2.45) is 5.92 Å². The molecule has 0 aliphatic heterocycles. The van der Waals surface area contributed by atoms with Gasteiger partial charge in [-0.25, -0.2) is 0 Å². The highest BCUT2D eigenvalue weighted by atomic mass is 16.7. The normalized spacial score (nSPS) is 13.5. The maximum atomic E-state index is 5.46. The van der Waals surface area contributed by atoms with Crippen LogP contribution in [-0.4, -0.2) is 33.2 Å². The first-order chi connectivity index (χ1) is 6.66. The van der Waals surface area contributed by atoms with Crippen molar-refractivity contribution in [3.63, 3.8) is 0 Å². The third kappa shape index (κ3) is 9.96. The zero-order chi connectivity index (χ0) is 10.8. The van der Waals surface area contributed by atoms with E-state index in [9.17, 15) is 0 Å². The quantitative estimate of drug-likeness (QED) is 0.426. The summed E-state index contributed by atoms with van der Waals surface area (Å²) >= 11 is 0. The number of methoxy groups -OCH3 is 1. The Balaban J connectivity index is 3.14. The molecule has 0 radical (unpaired) electrons. The zero-order valence-electron chi connectivity index (χ0n) is 9.91. The molecule has 0 bridgehead atoms. The molecular weight excluding hydrogens is 180 g/mol. The molecule has 0 aliphatic carbocycles. The Labute approximate surface area is 87.7 Å². The van der Waals surface area contributed by atoms with Gasteiger partial charge in [-0.2, -0.15) is 0 Å². The minimum absolute atomic E-state index is 0.114. The molecule has 0 fully saturated rings. The summed E-state index contributed by atoms with van der Waals surface area (Å²) in [4.78, 5) is 0. The first-order valence-corrected chi connectivity index (χ1v) is 5.39. The van der Waals surface area contributed by atoms with Crippen LogP contribution in [-0.2, 0) is 14.2 Å². The summed E-state index contributed by atoms with van der Waals surface area (Å²) in [6, 6.07) is 0. The summed E-state index contributed by atoms with van der Waals surface area (Å²) in [5, 5.41) is 0. The van der Waals surface area contributed by atoms with Crippen molar-refractivity contribution in [2.75, 3.05) is 26.9 Å². The third-order valence-corrected chi connectivity index (χ3v) is 1.92. The lowest BCUT2D eigenvalue weighted by Crippen LogP contribution is -2.16. The Morgan fingerprint density at radius 3 is 2.14 bits per heavy atom. The molecule has 3 nitrogen and oxygen atoms in total. The monoisotopic (exact) mass is 204 g/mol. The van der Waals surface area contributed by atoms with Crippen LogP contribution >= 0.6 is 0 Å². The SMILES string of the molecule is COCCOC(C)OCCCC(C)C. The van der Waals surface area contributed by atoms with Crippen molar-refractivity contribution < 1.29 is 14.2 Å². The summed E-state index contributed by atoms with van der Waals surface area (Å²) in [5.74, 6) is 0.753. The highest BCUT2D eigenvalue weighted by Crippen LogP contribution is 2.04. The Morgan fingerprint density at radius 1 is 0.929 bits per heavy atom. The smallest absolute Gasteiger partial charge is 0.154 e. The average molecular weight is 204 g/mol. The van der Waals surface area contributed by atoms with Crippen LogP contribution in [0.3, 0.4) is 0 Å². The van der Waals surface area contributed by atoms with Crippen molar-refractivity contribution in [1.82, 2.24) is 0 Å². The lowest BCUT2D eigenvalue weighted by atomic mass is 10.1. The molecule has 0 amide bonds. The van der Waals surface area contributed by atoms with Gasteiger partial charge in [-0.1, -0.05) is 13.8 Å². The van der Waals surface area contributed by atoms with Gasteiger partial charge in [-0.05, 0) is 25.7 Å². The van der Waals surface area contributed by atoms with Crippen LogP contribution in [0.4, 0.5) is 0 Å². The fourth-order valence-electron chi connectivity index (χ4n) is 1.09. The van der Waals surface area contributed by atoms with Gasteiger partial charge in [0.1, 0.15) is 0 Å². The van der Waals surface area contributed by atoms with Crippen LogP contribution < -0.4 is 0 Å². The second-order valence-corrected chi connectivity index (χ2v) is 3.84. The molecule has 0 rings (SSSR count). The molecule has 86 valence electrons. The van der Waals surface area contributed by atoms with Gasteiger partial charge in [0, 0.05) is 13.7 Å². The highest BCUT2D eigenvalue weighted by Gasteiger charge is 2.01. The van der Waals surface area contributed by atoms with Crippen molar-refractivity contribution in [2.45, 2.75) is 39.9 Å². The zero-order valence-corrected chi connectivity index (χ0v) is 9.91. The number of hydrogen-bond acceptors (Lipinski definition) is 3. The van der Waals surface area contributed by atoms with Crippen LogP contribution in [0.5, 0.6) is 0 Å². The number of hydrogen-bond donors (Lipinski definition) is 0. The van der Waals surface area contributed by atoms with E-state index in [0.717, 1.165) is 18.9 Å². The van der Waals surface area contributed by atoms with Crippen molar-refractivity contribution in [1.29, 1.82) is 0 Å². The molecule has 0 heterocycles. The van der Waals surface area contributed by atoms with E-state index < -0.39 is 0 Å². The van der Waals surface area contributed by atoms with Crippen LogP contribution in [0.25, 0.3) is 0 Å². The maximum absolute atomic E-state index is 5.46. The summed E-state index contributed by atoms with van der Waals surface area (Å²) in [6.07, 6.45) is 2.21. The van der Waals surface area contributed by atoms with Crippen LogP contribution in [0, 0.1) is 5.92 Å². The van der Waals surface area contributed by atoms with Gasteiger partial charge >= 0.3 is 0 Å². The molecule has 0 N–H and O–H groups in total. The van der Waals surface area contributed by atoms with E-state index in [4.69, 9.17) is 14.2 Å². The lowest BCUT2D eigenvalue weighted by molar-refractivity contribution is -0.138. The van der Waals surface area contributed by atoms with Gasteiger partial charge in [0.25, 0.3) is 0 Å². The van der Waals surface area contributed by atoms with E-state index in [1.165, 1.54) is 6.42 Å². The predicted octanol–water partition coefficient (Wildman–Crippen LogP) is 2.45. The molecular formula is C11H24O3. The molecule has 1 atom stereocenters. The molecule has 0 aromatic heterocycles. The second-order valence-electron chi connectivity index (χ2n) is 3.84. The lowest BCUT2D eigenvalue weighted by Gasteiger charge is -2.14. The van der Waals surface area contributed by atoms with Crippen molar-refractivity contribution >= 4 is 0 Å². The van der Waals surface area contributed by atoms with Gasteiger partial charge in [-0.3, -0.25) is 0 Å². The standard InChI is InChI=1S/C11H24O3/c1-10(2)6-5-7-13-11(3)14-9-8-12-4/h10-11H,5-9H2,1-4H3. The largest absolute Gasteiger partial charge is 0.382 e. The van der Waals surface area contributed by atoms with Crippen LogP contribution in [0.15, 0.2) is 0 Å². The van der Waals surface area contributed by atoms with Crippen molar-refractivity contribution in [3.05, 3.63) is 0 Å². The Hall–Kier alpha value is -0.120. The van der Waals surface area contributed by atoms with E-state index in [1.54, 1.807) is 7.11 Å². The Morgan fingerprint density at radius 2 is 1.57 bits per heavy atom. The van der Waals surface area contributed by atoms with E-state index in [1.807, 2.05) is 6.92 Å². The fourth-order valence-corrected chi connectivity index (χ4v) is 1.09. The van der Waals surface area contributed by atoms with Crippen molar-refractivity contribution in [3.8, 4) is 0 Å². The topological polar surface area (TPSA) is 27.7 Å². The molecule has 0 aromatic carbocycles. The Bertz CT molecular complexity index is 115. The Kier molecular flexibility index (Phi) is 9.35. The molecule has 0 aromatic rings. The predicted molar refractivity (Wildman–Crippen MR) is 57.3 cm³/mol. The van der Waals surface area contributed by atoms with Gasteiger partial charge in [0.15, 0.2) is 6.29 Å². The maximum Gasteiger partial charge on any atom is 0.154 e. The van der Waals surface area contributed by atoms with Crippen LogP contribution in [0.2, 0.25) is 0 Å². The molecule has 0 aliphatic rings. The first-order valence-electron chi connectivity index (χ1n) is 5.39. The molecule has 0 saturated heterocycles. The van der Waals surface area contributed by atoms with E-state index in [0.29, 0.717) is 13.2 Å². The number of ether oxygens (including phenoxy) is 3. The summed E-state index contributed by atoms with van der Waals surface area (Å²) in [5.41, 5.74) is 0. The van der Waals surface area contributed by atoms with E-state index in [2.05, 4.69) is 13.8 Å². The minimum Gasteiger partial charge on any atom is -0.382 e. The summed E-state index contributed by atoms with van der Waals surface area (Å²) in [7, 11) is 1.66. The van der Waals surface area contributed by atoms with Gasteiger partial charge in [-0.15, -0.1) is 0 Å². The first kappa shape index (κ1) is 13.9. The summed E-state index contributed by atoms with van der Waals surface area (Å²) in [6.45, 7) is 8.37. The molecule has 3 heteroatoms. The summed E-state index contributed by atoms with van der Waals surface area (Å²) < 4.78 is 15.7. The molecule has 0 spiro atoms. The molecule has 0 saturated carbocycles. The second kappa shape index (κ2) is 9.44. The van der Waals surface area contributed by atoms with Crippen LogP contribution in [0.1, 0.15) is 33.6 Å². The molecule has 14 heavy (non-hydrogen) atoms. The third-order valence-electron chi connectivity index (χ3n) is 1.92. The van der Waals surface area contributed by atoms with E-state index >= 15 is 0 Å². The average Bonchev–Trinajstić information content (AvgIpc) is 2.13. The minimum atomic E-state index is -0.114. The fraction of sp³-hybridized carbons (Fsp3) is 1.00.